The first-order valence-corrected chi connectivity index (χ1v) is 8.58. The van der Waals surface area contributed by atoms with Crippen molar-refractivity contribution in [1.29, 1.82) is 0 Å². The summed E-state index contributed by atoms with van der Waals surface area (Å²) in [5, 5.41) is 0.565. The van der Waals surface area contributed by atoms with Crippen LogP contribution >= 0.6 is 0 Å². The van der Waals surface area contributed by atoms with Gasteiger partial charge in [-0.3, -0.25) is 4.31 Å². The molecule has 1 aromatic heterocycles. The SMILES string of the molecule is CCN(c1ccccc1)S(=O)(=O)c1ccc2oc(=O)ccc2c1. The van der Waals surface area contributed by atoms with Crippen LogP contribution < -0.4 is 9.93 Å². The number of sulfonamides is 1. The summed E-state index contributed by atoms with van der Waals surface area (Å²) in [6.45, 7) is 2.10. The fourth-order valence-electron chi connectivity index (χ4n) is 2.42. The van der Waals surface area contributed by atoms with Gasteiger partial charge in [0.25, 0.3) is 10.0 Å². The van der Waals surface area contributed by atoms with Gasteiger partial charge in [0.05, 0.1) is 10.6 Å². The fourth-order valence-corrected chi connectivity index (χ4v) is 3.93. The van der Waals surface area contributed by atoms with Gasteiger partial charge in [-0.15, -0.1) is 0 Å². The van der Waals surface area contributed by atoms with Crippen molar-refractivity contribution in [3.63, 3.8) is 0 Å². The first-order valence-electron chi connectivity index (χ1n) is 7.14. The Bertz CT molecular complexity index is 994. The molecule has 0 unspecified atom stereocenters. The smallest absolute Gasteiger partial charge is 0.336 e. The van der Waals surface area contributed by atoms with Crippen molar-refractivity contribution in [2.45, 2.75) is 11.8 Å². The van der Waals surface area contributed by atoms with E-state index in [1.807, 2.05) is 6.07 Å². The second kappa shape index (κ2) is 5.89. The normalized spacial score (nSPS) is 11.5. The van der Waals surface area contributed by atoms with E-state index in [1.165, 1.54) is 28.6 Å². The molecular weight excluding hydrogens is 314 g/mol. The van der Waals surface area contributed by atoms with Gasteiger partial charge in [0.15, 0.2) is 0 Å². The van der Waals surface area contributed by atoms with E-state index >= 15 is 0 Å². The number of fused-ring (bicyclic) bond motifs is 1. The molecule has 0 N–H and O–H groups in total. The van der Waals surface area contributed by atoms with Crippen LogP contribution in [0.4, 0.5) is 5.69 Å². The lowest BCUT2D eigenvalue weighted by Crippen LogP contribution is -2.30. The molecule has 0 bridgehead atoms. The third-order valence-electron chi connectivity index (χ3n) is 3.51. The Morgan fingerprint density at radius 3 is 2.43 bits per heavy atom. The molecule has 0 amide bonds. The minimum atomic E-state index is -3.69. The third-order valence-corrected chi connectivity index (χ3v) is 5.41. The van der Waals surface area contributed by atoms with Crippen molar-refractivity contribution in [2.24, 2.45) is 0 Å². The van der Waals surface area contributed by atoms with Gasteiger partial charge in [-0.05, 0) is 43.3 Å². The first kappa shape index (κ1) is 15.3. The van der Waals surface area contributed by atoms with Gasteiger partial charge in [0, 0.05) is 18.0 Å². The first-order chi connectivity index (χ1) is 11.0. The van der Waals surface area contributed by atoms with E-state index in [0.29, 0.717) is 23.2 Å². The van der Waals surface area contributed by atoms with Gasteiger partial charge in [-0.25, -0.2) is 13.2 Å². The second-order valence-electron chi connectivity index (χ2n) is 4.96. The van der Waals surface area contributed by atoms with Crippen molar-refractivity contribution >= 4 is 26.7 Å². The molecule has 1 heterocycles. The van der Waals surface area contributed by atoms with E-state index < -0.39 is 15.6 Å². The Hall–Kier alpha value is -2.60. The Morgan fingerprint density at radius 2 is 1.74 bits per heavy atom. The number of rotatable bonds is 4. The molecule has 0 spiro atoms. The van der Waals surface area contributed by atoms with Gasteiger partial charge in [-0.2, -0.15) is 0 Å². The summed E-state index contributed by atoms with van der Waals surface area (Å²) in [6.07, 6.45) is 0. The van der Waals surface area contributed by atoms with Crippen LogP contribution in [-0.2, 0) is 10.0 Å². The molecule has 0 aliphatic heterocycles. The third kappa shape index (κ3) is 2.85. The Morgan fingerprint density at radius 1 is 1.00 bits per heavy atom. The molecule has 0 aliphatic carbocycles. The molecule has 3 aromatic rings. The molecule has 0 saturated heterocycles. The summed E-state index contributed by atoms with van der Waals surface area (Å²) in [5.41, 5.74) is 0.501. The molecule has 0 fully saturated rings. The lowest BCUT2D eigenvalue weighted by atomic mass is 10.2. The maximum absolute atomic E-state index is 12.9. The molecule has 3 rings (SSSR count). The molecule has 6 heteroatoms. The maximum atomic E-state index is 12.9. The van der Waals surface area contributed by atoms with E-state index in [9.17, 15) is 13.2 Å². The maximum Gasteiger partial charge on any atom is 0.336 e. The largest absolute Gasteiger partial charge is 0.423 e. The lowest BCUT2D eigenvalue weighted by molar-refractivity contribution is 0.560. The topological polar surface area (TPSA) is 67.6 Å². The summed E-state index contributed by atoms with van der Waals surface area (Å²) >= 11 is 0. The molecule has 2 aromatic carbocycles. The van der Waals surface area contributed by atoms with Crippen LogP contribution in [0.1, 0.15) is 6.92 Å². The molecule has 5 nitrogen and oxygen atoms in total. The minimum Gasteiger partial charge on any atom is -0.423 e. The van der Waals surface area contributed by atoms with Crippen LogP contribution in [-0.4, -0.2) is 15.0 Å². The molecular formula is C17H15NO4S. The predicted molar refractivity (Wildman–Crippen MR) is 89.1 cm³/mol. The highest BCUT2D eigenvalue weighted by Gasteiger charge is 2.23. The molecule has 0 saturated carbocycles. The van der Waals surface area contributed by atoms with Crippen molar-refractivity contribution in [3.05, 3.63) is 71.1 Å². The number of nitrogens with zero attached hydrogens (tertiary/aromatic N) is 1. The van der Waals surface area contributed by atoms with Crippen LogP contribution in [0.3, 0.4) is 0 Å². The van der Waals surface area contributed by atoms with Crippen LogP contribution in [0.15, 0.2) is 74.8 Å². The van der Waals surface area contributed by atoms with E-state index in [4.69, 9.17) is 4.42 Å². The molecule has 23 heavy (non-hydrogen) atoms. The Labute approximate surface area is 133 Å². The van der Waals surface area contributed by atoms with Gasteiger partial charge >= 0.3 is 5.63 Å². The summed E-state index contributed by atoms with van der Waals surface area (Å²) in [5.74, 6) is 0. The average molecular weight is 329 g/mol. The number of hydrogen-bond donors (Lipinski definition) is 0. The van der Waals surface area contributed by atoms with E-state index in [2.05, 4.69) is 0 Å². The van der Waals surface area contributed by atoms with Crippen LogP contribution in [0.2, 0.25) is 0 Å². The van der Waals surface area contributed by atoms with Crippen molar-refractivity contribution in [3.8, 4) is 0 Å². The predicted octanol–water partition coefficient (Wildman–Crippen LogP) is 3.01. The minimum absolute atomic E-state index is 0.157. The van der Waals surface area contributed by atoms with Crippen LogP contribution in [0.5, 0.6) is 0 Å². The summed E-state index contributed by atoms with van der Waals surface area (Å²) in [7, 11) is -3.69. The molecule has 118 valence electrons. The van der Waals surface area contributed by atoms with Gasteiger partial charge in [-0.1, -0.05) is 18.2 Å². The molecule has 0 aliphatic rings. The van der Waals surface area contributed by atoms with Crippen molar-refractivity contribution < 1.29 is 12.8 Å². The fraction of sp³-hybridized carbons (Fsp3) is 0.118. The van der Waals surface area contributed by atoms with Crippen molar-refractivity contribution in [1.82, 2.24) is 0 Å². The second-order valence-corrected chi connectivity index (χ2v) is 6.82. The quantitative estimate of drug-likeness (QED) is 0.690. The highest BCUT2D eigenvalue weighted by molar-refractivity contribution is 7.92. The zero-order valence-corrected chi connectivity index (χ0v) is 13.3. The van der Waals surface area contributed by atoms with Crippen LogP contribution in [0.25, 0.3) is 11.0 Å². The highest BCUT2D eigenvalue weighted by atomic mass is 32.2. The number of benzene rings is 2. The van der Waals surface area contributed by atoms with E-state index in [-0.39, 0.29) is 4.90 Å². The zero-order valence-electron chi connectivity index (χ0n) is 12.5. The van der Waals surface area contributed by atoms with E-state index in [0.717, 1.165) is 0 Å². The summed E-state index contributed by atoms with van der Waals surface area (Å²) < 4.78 is 32.2. The monoisotopic (exact) mass is 329 g/mol. The summed E-state index contributed by atoms with van der Waals surface area (Å²) in [4.78, 5) is 11.4. The number of para-hydroxylation sites is 1. The Balaban J connectivity index is 2.11. The van der Waals surface area contributed by atoms with Gasteiger partial charge < -0.3 is 4.42 Å². The lowest BCUT2D eigenvalue weighted by Gasteiger charge is -2.23. The molecule has 0 atom stereocenters. The van der Waals surface area contributed by atoms with E-state index in [1.54, 1.807) is 37.3 Å². The standard InChI is InChI=1S/C17H15NO4S/c1-2-18(14-6-4-3-5-7-14)23(20,21)15-9-10-16-13(12-15)8-11-17(19)22-16/h3-12H,2H2,1H3. The highest BCUT2D eigenvalue weighted by Crippen LogP contribution is 2.25. The van der Waals surface area contributed by atoms with Gasteiger partial charge in [0.2, 0.25) is 0 Å². The molecule has 0 radical (unpaired) electrons. The Kier molecular flexibility index (Phi) is 3.92. The van der Waals surface area contributed by atoms with Crippen LogP contribution in [0, 0.1) is 0 Å². The number of anilines is 1. The zero-order chi connectivity index (χ0) is 16.4. The average Bonchev–Trinajstić information content (AvgIpc) is 2.55. The summed E-state index contributed by atoms with van der Waals surface area (Å²) in [6, 6.07) is 16.2. The number of hydrogen-bond acceptors (Lipinski definition) is 4. The van der Waals surface area contributed by atoms with Crippen molar-refractivity contribution in [2.75, 3.05) is 10.8 Å². The van der Waals surface area contributed by atoms with Gasteiger partial charge in [0.1, 0.15) is 5.58 Å².